The molecule has 17 heavy (non-hydrogen) atoms. The third-order valence-corrected chi connectivity index (χ3v) is 3.59. The van der Waals surface area contributed by atoms with Gasteiger partial charge < -0.3 is 5.32 Å². The molecule has 1 aromatic heterocycles. The number of hydrogen-bond donors (Lipinski definition) is 2. The number of anilines is 1. The van der Waals surface area contributed by atoms with Crippen molar-refractivity contribution in [2.75, 3.05) is 5.32 Å². The lowest BCUT2D eigenvalue weighted by Crippen LogP contribution is -2.18. The van der Waals surface area contributed by atoms with Crippen molar-refractivity contribution < 1.29 is 4.79 Å². The summed E-state index contributed by atoms with van der Waals surface area (Å²) < 4.78 is 0. The predicted molar refractivity (Wildman–Crippen MR) is 67.9 cm³/mol. The lowest BCUT2D eigenvalue weighted by molar-refractivity contribution is -0.117. The van der Waals surface area contributed by atoms with Crippen molar-refractivity contribution in [3.63, 3.8) is 0 Å². The van der Waals surface area contributed by atoms with Gasteiger partial charge in [-0.05, 0) is 32.6 Å². The van der Waals surface area contributed by atoms with Crippen LogP contribution in [0.2, 0.25) is 0 Å². The zero-order valence-electron chi connectivity index (χ0n) is 10.7. The van der Waals surface area contributed by atoms with Crippen molar-refractivity contribution in [1.29, 1.82) is 0 Å². The maximum atomic E-state index is 11.9. The summed E-state index contributed by atoms with van der Waals surface area (Å²) in [6.07, 6.45) is 6.96. The van der Waals surface area contributed by atoms with E-state index in [-0.39, 0.29) is 5.91 Å². The molecule has 0 spiro atoms. The quantitative estimate of drug-likeness (QED) is 0.846. The molecule has 1 fully saturated rings. The molecule has 1 aromatic rings. The van der Waals surface area contributed by atoms with Crippen LogP contribution in [0.25, 0.3) is 0 Å². The number of nitrogens with zero attached hydrogens (tertiary/aromatic N) is 1. The van der Waals surface area contributed by atoms with E-state index in [2.05, 4.69) is 15.5 Å². The highest BCUT2D eigenvalue weighted by Crippen LogP contribution is 2.27. The Morgan fingerprint density at radius 1 is 1.35 bits per heavy atom. The second kappa shape index (κ2) is 5.34. The first-order valence-electron chi connectivity index (χ1n) is 6.48. The van der Waals surface area contributed by atoms with E-state index in [9.17, 15) is 4.79 Å². The average molecular weight is 235 g/mol. The summed E-state index contributed by atoms with van der Waals surface area (Å²) >= 11 is 0. The Bertz CT molecular complexity index is 372. The number of carbonyl (C=O) groups excluding carboxylic acids is 1. The lowest BCUT2D eigenvalue weighted by atomic mass is 9.87. The largest absolute Gasteiger partial charge is 0.323 e. The van der Waals surface area contributed by atoms with Gasteiger partial charge in [0.25, 0.3) is 0 Å². The van der Waals surface area contributed by atoms with Gasteiger partial charge in [0.2, 0.25) is 5.91 Å². The Morgan fingerprint density at radius 3 is 2.65 bits per heavy atom. The van der Waals surface area contributed by atoms with Gasteiger partial charge in [0.15, 0.2) is 0 Å². The second-order valence-corrected chi connectivity index (χ2v) is 5.07. The van der Waals surface area contributed by atoms with Gasteiger partial charge in [-0.25, -0.2) is 0 Å². The molecule has 4 nitrogen and oxygen atoms in total. The van der Waals surface area contributed by atoms with Crippen LogP contribution < -0.4 is 5.32 Å². The van der Waals surface area contributed by atoms with E-state index in [4.69, 9.17) is 0 Å². The molecule has 0 unspecified atom stereocenters. The topological polar surface area (TPSA) is 57.8 Å². The Kier molecular flexibility index (Phi) is 3.82. The van der Waals surface area contributed by atoms with Crippen molar-refractivity contribution in [3.8, 4) is 0 Å². The molecule has 0 aliphatic heterocycles. The van der Waals surface area contributed by atoms with E-state index in [1.54, 1.807) is 0 Å². The number of carbonyl (C=O) groups is 1. The molecule has 4 heteroatoms. The predicted octanol–water partition coefficient (Wildman–Crippen LogP) is 2.94. The van der Waals surface area contributed by atoms with Crippen LogP contribution >= 0.6 is 0 Å². The monoisotopic (exact) mass is 235 g/mol. The van der Waals surface area contributed by atoms with Gasteiger partial charge in [0.05, 0.1) is 17.1 Å². The number of hydrogen-bond acceptors (Lipinski definition) is 2. The Morgan fingerprint density at radius 2 is 2.06 bits per heavy atom. The molecule has 2 N–H and O–H groups in total. The summed E-state index contributed by atoms with van der Waals surface area (Å²) in [6.45, 7) is 3.83. The SMILES string of the molecule is Cc1n[nH]c(C)c1NC(=O)CC1CCCCC1. The Hall–Kier alpha value is -1.32. The zero-order chi connectivity index (χ0) is 12.3. The number of rotatable bonds is 3. The van der Waals surface area contributed by atoms with Crippen molar-refractivity contribution in [2.45, 2.75) is 52.4 Å². The molecule has 1 saturated carbocycles. The van der Waals surface area contributed by atoms with Crippen LogP contribution in [0.15, 0.2) is 0 Å². The van der Waals surface area contributed by atoms with Gasteiger partial charge >= 0.3 is 0 Å². The summed E-state index contributed by atoms with van der Waals surface area (Å²) in [5.74, 6) is 0.709. The van der Waals surface area contributed by atoms with Crippen LogP contribution in [0.1, 0.15) is 49.9 Å². The van der Waals surface area contributed by atoms with E-state index < -0.39 is 0 Å². The first-order chi connectivity index (χ1) is 8.16. The molecule has 1 aliphatic carbocycles. The summed E-state index contributed by atoms with van der Waals surface area (Å²) in [7, 11) is 0. The molecule has 2 rings (SSSR count). The van der Waals surface area contributed by atoms with E-state index in [0.29, 0.717) is 12.3 Å². The fourth-order valence-electron chi connectivity index (χ4n) is 2.58. The van der Waals surface area contributed by atoms with Crippen LogP contribution in [0.5, 0.6) is 0 Å². The smallest absolute Gasteiger partial charge is 0.224 e. The highest BCUT2D eigenvalue weighted by molar-refractivity contribution is 5.91. The van der Waals surface area contributed by atoms with Gasteiger partial charge in [0.1, 0.15) is 0 Å². The molecule has 0 bridgehead atoms. The zero-order valence-corrected chi connectivity index (χ0v) is 10.7. The lowest BCUT2D eigenvalue weighted by Gasteiger charge is -2.20. The molecular formula is C13H21N3O. The van der Waals surface area contributed by atoms with Crippen LogP contribution in [0.3, 0.4) is 0 Å². The Balaban J connectivity index is 1.88. The van der Waals surface area contributed by atoms with Crippen LogP contribution in [-0.4, -0.2) is 16.1 Å². The van der Waals surface area contributed by atoms with Crippen LogP contribution in [-0.2, 0) is 4.79 Å². The summed E-state index contributed by atoms with van der Waals surface area (Å²) in [5, 5.41) is 9.93. The molecule has 0 atom stereocenters. The summed E-state index contributed by atoms with van der Waals surface area (Å²) in [6, 6.07) is 0. The minimum Gasteiger partial charge on any atom is -0.323 e. The number of aromatic amines is 1. The molecule has 1 aliphatic rings. The fourth-order valence-corrected chi connectivity index (χ4v) is 2.58. The molecule has 1 amide bonds. The van der Waals surface area contributed by atoms with Gasteiger partial charge in [0, 0.05) is 6.42 Å². The van der Waals surface area contributed by atoms with E-state index in [0.717, 1.165) is 17.1 Å². The maximum absolute atomic E-state index is 11.9. The third kappa shape index (κ3) is 3.08. The minimum absolute atomic E-state index is 0.129. The number of nitrogens with one attached hydrogen (secondary N) is 2. The number of H-pyrrole nitrogens is 1. The van der Waals surface area contributed by atoms with E-state index in [1.807, 2.05) is 13.8 Å². The van der Waals surface area contributed by atoms with Crippen molar-refractivity contribution >= 4 is 11.6 Å². The van der Waals surface area contributed by atoms with Crippen LogP contribution in [0.4, 0.5) is 5.69 Å². The normalized spacial score (nSPS) is 17.1. The first-order valence-corrected chi connectivity index (χ1v) is 6.48. The van der Waals surface area contributed by atoms with Gasteiger partial charge in [-0.1, -0.05) is 19.3 Å². The van der Waals surface area contributed by atoms with Crippen molar-refractivity contribution in [1.82, 2.24) is 10.2 Å². The number of amides is 1. The van der Waals surface area contributed by atoms with Gasteiger partial charge in [-0.15, -0.1) is 0 Å². The average Bonchev–Trinajstić information content (AvgIpc) is 2.62. The maximum Gasteiger partial charge on any atom is 0.224 e. The van der Waals surface area contributed by atoms with E-state index in [1.165, 1.54) is 32.1 Å². The van der Waals surface area contributed by atoms with E-state index >= 15 is 0 Å². The molecule has 0 saturated heterocycles. The number of aromatic nitrogens is 2. The van der Waals surface area contributed by atoms with Crippen LogP contribution in [0, 0.1) is 19.8 Å². The second-order valence-electron chi connectivity index (χ2n) is 5.07. The van der Waals surface area contributed by atoms with Crippen molar-refractivity contribution in [3.05, 3.63) is 11.4 Å². The molecule has 0 radical (unpaired) electrons. The summed E-state index contributed by atoms with van der Waals surface area (Å²) in [5.41, 5.74) is 2.64. The first kappa shape index (κ1) is 12.1. The standard InChI is InChI=1S/C13H21N3O/c1-9-13(10(2)16-15-9)14-12(17)8-11-6-4-3-5-7-11/h11H,3-8H2,1-2H3,(H,14,17)(H,15,16). The Labute approximate surface area is 102 Å². The van der Waals surface area contributed by atoms with Gasteiger partial charge in [-0.3, -0.25) is 9.89 Å². The highest BCUT2D eigenvalue weighted by atomic mass is 16.1. The molecular weight excluding hydrogens is 214 g/mol. The fraction of sp³-hybridized carbons (Fsp3) is 0.692. The van der Waals surface area contributed by atoms with Crippen molar-refractivity contribution in [2.24, 2.45) is 5.92 Å². The summed E-state index contributed by atoms with van der Waals surface area (Å²) in [4.78, 5) is 11.9. The molecule has 94 valence electrons. The highest BCUT2D eigenvalue weighted by Gasteiger charge is 2.18. The number of aryl methyl sites for hydroxylation is 2. The third-order valence-electron chi connectivity index (χ3n) is 3.59. The minimum atomic E-state index is 0.129. The molecule has 1 heterocycles. The molecule has 0 aromatic carbocycles. The van der Waals surface area contributed by atoms with Gasteiger partial charge in [-0.2, -0.15) is 5.10 Å².